The van der Waals surface area contributed by atoms with Gasteiger partial charge in [0, 0.05) is 18.2 Å². The number of carbonyl (C=O) groups is 1. The van der Waals surface area contributed by atoms with Gasteiger partial charge in [0.2, 0.25) is 0 Å². The molecule has 0 spiro atoms. The molecule has 2 amide bonds. The highest BCUT2D eigenvalue weighted by molar-refractivity contribution is 6.30. The van der Waals surface area contributed by atoms with Crippen LogP contribution in [0.2, 0.25) is 5.02 Å². The van der Waals surface area contributed by atoms with Gasteiger partial charge in [-0.3, -0.25) is 0 Å². The zero-order valence-corrected chi connectivity index (χ0v) is 13.7. The summed E-state index contributed by atoms with van der Waals surface area (Å²) in [5.41, 5.74) is 1.20. The van der Waals surface area contributed by atoms with Gasteiger partial charge in [-0.1, -0.05) is 35.9 Å². The molecule has 0 aliphatic heterocycles. The van der Waals surface area contributed by atoms with Crippen LogP contribution in [0.5, 0.6) is 0 Å². The van der Waals surface area contributed by atoms with E-state index < -0.39 is 5.82 Å². The second-order valence-corrected chi connectivity index (χ2v) is 6.26. The Morgan fingerprint density at radius 1 is 1.17 bits per heavy atom. The van der Waals surface area contributed by atoms with Gasteiger partial charge in [0.15, 0.2) is 0 Å². The van der Waals surface area contributed by atoms with Gasteiger partial charge in [-0.15, -0.1) is 0 Å². The first kappa shape index (κ1) is 16.7. The maximum absolute atomic E-state index is 13.8. The highest BCUT2D eigenvalue weighted by atomic mass is 35.5. The molecule has 1 N–H and O–H groups in total. The molecule has 0 heterocycles. The first-order valence-corrected chi connectivity index (χ1v) is 8.14. The molecule has 2 aromatic rings. The molecule has 1 saturated carbocycles. The van der Waals surface area contributed by atoms with Crippen molar-refractivity contribution in [3.8, 4) is 0 Å². The van der Waals surface area contributed by atoms with E-state index in [1.54, 1.807) is 29.2 Å². The van der Waals surface area contributed by atoms with Crippen molar-refractivity contribution in [1.82, 2.24) is 10.2 Å². The van der Waals surface area contributed by atoms with E-state index in [-0.39, 0.29) is 36.0 Å². The minimum atomic E-state index is -0.495. The highest BCUT2D eigenvalue weighted by Gasteiger charge is 2.32. The minimum absolute atomic E-state index is 0.0205. The fraction of sp³-hybridized carbons (Fsp3) is 0.278. The zero-order chi connectivity index (χ0) is 17.1. The van der Waals surface area contributed by atoms with Crippen molar-refractivity contribution in [2.45, 2.75) is 32.0 Å². The van der Waals surface area contributed by atoms with Crippen molar-refractivity contribution in [2.75, 3.05) is 0 Å². The number of amides is 2. The third-order valence-corrected chi connectivity index (χ3v) is 4.26. The second-order valence-electron chi connectivity index (χ2n) is 5.86. The molecule has 0 bridgehead atoms. The SMILES string of the molecule is O=C(NCc1ccc(F)c(Cl)c1)N(Cc1ccccc1F)C1CC1. The summed E-state index contributed by atoms with van der Waals surface area (Å²) in [5, 5.41) is 2.81. The second kappa shape index (κ2) is 7.18. The monoisotopic (exact) mass is 350 g/mol. The molecule has 0 radical (unpaired) electrons. The van der Waals surface area contributed by atoms with Crippen LogP contribution in [0.25, 0.3) is 0 Å². The number of halogens is 3. The van der Waals surface area contributed by atoms with E-state index in [4.69, 9.17) is 11.6 Å². The van der Waals surface area contributed by atoms with Crippen molar-refractivity contribution in [1.29, 1.82) is 0 Å². The summed E-state index contributed by atoms with van der Waals surface area (Å²) >= 11 is 5.74. The number of benzene rings is 2. The van der Waals surface area contributed by atoms with Crippen LogP contribution in [0, 0.1) is 11.6 Å². The van der Waals surface area contributed by atoms with Crippen LogP contribution in [-0.2, 0) is 13.1 Å². The smallest absolute Gasteiger partial charge is 0.318 e. The lowest BCUT2D eigenvalue weighted by Crippen LogP contribution is -2.40. The van der Waals surface area contributed by atoms with E-state index in [2.05, 4.69) is 5.32 Å². The summed E-state index contributed by atoms with van der Waals surface area (Å²) in [5.74, 6) is -0.813. The molecule has 1 aliphatic rings. The van der Waals surface area contributed by atoms with Gasteiger partial charge in [0.05, 0.1) is 11.6 Å². The number of nitrogens with zero attached hydrogens (tertiary/aromatic N) is 1. The van der Waals surface area contributed by atoms with Crippen LogP contribution >= 0.6 is 11.6 Å². The van der Waals surface area contributed by atoms with Crippen LogP contribution in [0.15, 0.2) is 42.5 Å². The molecule has 0 saturated heterocycles. The van der Waals surface area contributed by atoms with Crippen molar-refractivity contribution in [3.63, 3.8) is 0 Å². The third kappa shape index (κ3) is 4.03. The molecule has 126 valence electrons. The average Bonchev–Trinajstić information content (AvgIpc) is 3.40. The van der Waals surface area contributed by atoms with Crippen molar-refractivity contribution in [2.24, 2.45) is 0 Å². The Balaban J connectivity index is 1.64. The number of nitrogens with one attached hydrogen (secondary N) is 1. The van der Waals surface area contributed by atoms with Crippen LogP contribution < -0.4 is 5.32 Å². The number of carbonyl (C=O) groups excluding carboxylic acids is 1. The van der Waals surface area contributed by atoms with Gasteiger partial charge in [-0.25, -0.2) is 13.6 Å². The average molecular weight is 351 g/mol. The third-order valence-electron chi connectivity index (χ3n) is 3.97. The Labute approximate surface area is 144 Å². The van der Waals surface area contributed by atoms with Crippen LogP contribution in [-0.4, -0.2) is 17.0 Å². The van der Waals surface area contributed by atoms with Gasteiger partial charge in [-0.2, -0.15) is 0 Å². The molecule has 2 aromatic carbocycles. The van der Waals surface area contributed by atoms with Crippen LogP contribution in [0.3, 0.4) is 0 Å². The van der Waals surface area contributed by atoms with E-state index in [1.165, 1.54) is 18.2 Å². The standard InChI is InChI=1S/C18H17ClF2N2O/c19-15-9-12(5-8-17(15)21)10-22-18(24)23(14-6-7-14)11-13-3-1-2-4-16(13)20/h1-5,8-9,14H,6-7,10-11H2,(H,22,24). The normalized spacial score (nSPS) is 13.6. The van der Waals surface area contributed by atoms with E-state index in [0.717, 1.165) is 12.8 Å². The maximum atomic E-state index is 13.8. The minimum Gasteiger partial charge on any atom is -0.334 e. The van der Waals surface area contributed by atoms with E-state index in [9.17, 15) is 13.6 Å². The summed E-state index contributed by atoms with van der Waals surface area (Å²) in [6.07, 6.45) is 1.84. The van der Waals surface area contributed by atoms with Crippen LogP contribution in [0.4, 0.5) is 13.6 Å². The summed E-state index contributed by atoms with van der Waals surface area (Å²) in [4.78, 5) is 14.1. The Morgan fingerprint density at radius 2 is 1.92 bits per heavy atom. The predicted molar refractivity (Wildman–Crippen MR) is 88.6 cm³/mol. The molecule has 1 fully saturated rings. The molecule has 0 atom stereocenters. The number of urea groups is 1. The fourth-order valence-electron chi connectivity index (χ4n) is 2.49. The highest BCUT2D eigenvalue weighted by Crippen LogP contribution is 2.29. The van der Waals surface area contributed by atoms with E-state index in [1.807, 2.05) is 0 Å². The summed E-state index contributed by atoms with van der Waals surface area (Å²) < 4.78 is 27.0. The zero-order valence-electron chi connectivity index (χ0n) is 12.9. The largest absolute Gasteiger partial charge is 0.334 e. The van der Waals surface area contributed by atoms with E-state index >= 15 is 0 Å². The lowest BCUT2D eigenvalue weighted by Gasteiger charge is -2.23. The molecular formula is C18H17ClF2N2O. The fourth-order valence-corrected chi connectivity index (χ4v) is 2.70. The Morgan fingerprint density at radius 3 is 2.58 bits per heavy atom. The van der Waals surface area contributed by atoms with E-state index in [0.29, 0.717) is 11.1 Å². The molecule has 6 heteroatoms. The Kier molecular flexibility index (Phi) is 5.00. The summed E-state index contributed by atoms with van der Waals surface area (Å²) in [6.45, 7) is 0.465. The lowest BCUT2D eigenvalue weighted by atomic mass is 10.2. The van der Waals surface area contributed by atoms with Gasteiger partial charge in [0.1, 0.15) is 11.6 Å². The molecule has 3 rings (SSSR count). The predicted octanol–water partition coefficient (Wildman–Crippen LogP) is 4.49. The molecular weight excluding hydrogens is 334 g/mol. The van der Waals surface area contributed by atoms with Gasteiger partial charge >= 0.3 is 6.03 Å². The molecule has 0 aromatic heterocycles. The summed E-state index contributed by atoms with van der Waals surface area (Å²) in [7, 11) is 0. The number of rotatable bonds is 5. The quantitative estimate of drug-likeness (QED) is 0.846. The van der Waals surface area contributed by atoms with Crippen LogP contribution in [0.1, 0.15) is 24.0 Å². The molecule has 24 heavy (non-hydrogen) atoms. The van der Waals surface area contributed by atoms with Crippen molar-refractivity contribution in [3.05, 3.63) is 70.2 Å². The first-order valence-electron chi connectivity index (χ1n) is 7.76. The van der Waals surface area contributed by atoms with Crippen molar-refractivity contribution >= 4 is 17.6 Å². The number of hydrogen-bond donors (Lipinski definition) is 1. The molecule has 3 nitrogen and oxygen atoms in total. The molecule has 0 unspecified atom stereocenters. The summed E-state index contributed by atoms with van der Waals surface area (Å²) in [6, 6.07) is 10.6. The first-order chi connectivity index (χ1) is 11.5. The van der Waals surface area contributed by atoms with Gasteiger partial charge < -0.3 is 10.2 Å². The maximum Gasteiger partial charge on any atom is 0.318 e. The Bertz CT molecular complexity index is 750. The Hall–Kier alpha value is -2.14. The van der Waals surface area contributed by atoms with Gasteiger partial charge in [-0.05, 0) is 36.6 Å². The number of hydrogen-bond acceptors (Lipinski definition) is 1. The topological polar surface area (TPSA) is 32.3 Å². The lowest BCUT2D eigenvalue weighted by molar-refractivity contribution is 0.191. The van der Waals surface area contributed by atoms with Gasteiger partial charge in [0.25, 0.3) is 0 Å². The molecule has 1 aliphatic carbocycles. The van der Waals surface area contributed by atoms with Crippen molar-refractivity contribution < 1.29 is 13.6 Å².